The van der Waals surface area contributed by atoms with Gasteiger partial charge in [-0.3, -0.25) is 19.7 Å². The number of rotatable bonds is 9. The van der Waals surface area contributed by atoms with Crippen molar-refractivity contribution < 1.29 is 19.2 Å². The third-order valence-corrected chi connectivity index (χ3v) is 5.73. The van der Waals surface area contributed by atoms with Gasteiger partial charge in [-0.05, 0) is 42.8 Å². The lowest BCUT2D eigenvalue weighted by Gasteiger charge is -2.08. The number of nitro groups is 1. The second kappa shape index (κ2) is 10.6. The molecular weight excluding hydrogens is 448 g/mol. The van der Waals surface area contributed by atoms with Gasteiger partial charge < -0.3 is 19.9 Å². The highest BCUT2D eigenvalue weighted by Gasteiger charge is 2.14. The summed E-state index contributed by atoms with van der Waals surface area (Å²) < 4.78 is 6.78. The molecule has 2 amide bonds. The summed E-state index contributed by atoms with van der Waals surface area (Å²) in [5, 5.41) is 25.0. The van der Waals surface area contributed by atoms with Crippen LogP contribution in [-0.2, 0) is 18.4 Å². The third kappa shape index (κ3) is 6.07. The molecule has 0 saturated heterocycles. The second-order valence-electron chi connectivity index (χ2n) is 6.96. The largest absolute Gasteiger partial charge is 0.497 e. The summed E-state index contributed by atoms with van der Waals surface area (Å²) >= 11 is 1.19. The minimum absolute atomic E-state index is 0.0365. The number of anilines is 1. The quantitative estimate of drug-likeness (QED) is 0.276. The number of aromatic nitrogens is 3. The Hall–Kier alpha value is -3.93. The maximum atomic E-state index is 12.3. The average Bonchev–Trinajstić information content (AvgIpc) is 3.16. The highest BCUT2D eigenvalue weighted by atomic mass is 32.2. The summed E-state index contributed by atoms with van der Waals surface area (Å²) in [6.45, 7) is 1.86. The Morgan fingerprint density at radius 1 is 1.18 bits per heavy atom. The third-order valence-electron chi connectivity index (χ3n) is 4.71. The molecular formula is C21H22N6O5S. The van der Waals surface area contributed by atoms with Gasteiger partial charge in [0.25, 0.3) is 11.6 Å². The van der Waals surface area contributed by atoms with Crippen molar-refractivity contribution in [1.82, 2.24) is 20.1 Å². The summed E-state index contributed by atoms with van der Waals surface area (Å²) in [6.07, 6.45) is 0. The van der Waals surface area contributed by atoms with Crippen LogP contribution in [0.5, 0.6) is 5.75 Å². The van der Waals surface area contributed by atoms with Crippen molar-refractivity contribution in [3.8, 4) is 5.75 Å². The smallest absolute Gasteiger partial charge is 0.269 e. The molecule has 12 heteroatoms. The zero-order valence-corrected chi connectivity index (χ0v) is 19.0. The fourth-order valence-corrected chi connectivity index (χ4v) is 3.58. The highest BCUT2D eigenvalue weighted by molar-refractivity contribution is 7.99. The van der Waals surface area contributed by atoms with Crippen LogP contribution >= 0.6 is 11.8 Å². The number of aryl methyl sites for hydroxylation is 1. The van der Waals surface area contributed by atoms with E-state index in [4.69, 9.17) is 4.74 Å². The van der Waals surface area contributed by atoms with E-state index in [1.54, 1.807) is 49.9 Å². The zero-order valence-electron chi connectivity index (χ0n) is 18.2. The number of nitro benzene ring substituents is 1. The van der Waals surface area contributed by atoms with Crippen LogP contribution in [0.15, 0.2) is 47.6 Å². The molecule has 3 rings (SSSR count). The average molecular weight is 471 g/mol. The molecule has 0 bridgehead atoms. The van der Waals surface area contributed by atoms with E-state index >= 15 is 0 Å². The summed E-state index contributed by atoms with van der Waals surface area (Å²) in [6, 6.07) is 11.0. The number of hydrogen-bond acceptors (Lipinski definition) is 8. The van der Waals surface area contributed by atoms with Crippen molar-refractivity contribution in [3.05, 3.63) is 69.5 Å². The Bertz CT molecular complexity index is 1180. The summed E-state index contributed by atoms with van der Waals surface area (Å²) in [7, 11) is 3.30. The Morgan fingerprint density at radius 2 is 1.91 bits per heavy atom. The number of amides is 2. The maximum absolute atomic E-state index is 12.3. The molecule has 11 nitrogen and oxygen atoms in total. The molecule has 1 aromatic heterocycles. The van der Waals surface area contributed by atoms with Crippen LogP contribution < -0.4 is 15.4 Å². The van der Waals surface area contributed by atoms with Crippen LogP contribution in [-0.4, -0.2) is 44.4 Å². The number of thioether (sulfide) groups is 1. The Morgan fingerprint density at radius 3 is 2.55 bits per heavy atom. The van der Waals surface area contributed by atoms with Gasteiger partial charge in [-0.15, -0.1) is 10.2 Å². The van der Waals surface area contributed by atoms with E-state index in [9.17, 15) is 19.7 Å². The SMILES string of the molecule is COc1ccc(C(=O)NCc2nnc(SCC(=O)Nc3ccc([N+](=O)[O-])cc3C)n2C)cc1. The number of benzene rings is 2. The molecule has 2 aromatic carbocycles. The molecule has 2 N–H and O–H groups in total. The molecule has 0 aliphatic heterocycles. The molecule has 3 aromatic rings. The van der Waals surface area contributed by atoms with Crippen molar-refractivity contribution in [1.29, 1.82) is 0 Å². The van der Waals surface area contributed by atoms with Gasteiger partial charge in [0, 0.05) is 30.4 Å². The van der Waals surface area contributed by atoms with Gasteiger partial charge >= 0.3 is 0 Å². The number of hydrogen-bond donors (Lipinski definition) is 2. The van der Waals surface area contributed by atoms with Gasteiger partial charge in [-0.1, -0.05) is 11.8 Å². The molecule has 0 saturated carbocycles. The first-order valence-electron chi connectivity index (χ1n) is 9.76. The second-order valence-corrected chi connectivity index (χ2v) is 7.90. The molecule has 0 radical (unpaired) electrons. The Balaban J connectivity index is 1.52. The van der Waals surface area contributed by atoms with Gasteiger partial charge in [0.2, 0.25) is 5.91 Å². The number of nitrogens with one attached hydrogen (secondary N) is 2. The molecule has 1 heterocycles. The molecule has 0 unspecified atom stereocenters. The van der Waals surface area contributed by atoms with Crippen molar-refractivity contribution in [3.63, 3.8) is 0 Å². The lowest BCUT2D eigenvalue weighted by molar-refractivity contribution is -0.384. The number of carbonyl (C=O) groups excluding carboxylic acids is 2. The number of methoxy groups -OCH3 is 1. The van der Waals surface area contributed by atoms with E-state index in [-0.39, 0.29) is 29.8 Å². The topological polar surface area (TPSA) is 141 Å². The fraction of sp³-hybridized carbons (Fsp3) is 0.238. The van der Waals surface area contributed by atoms with Gasteiger partial charge in [0.05, 0.1) is 24.3 Å². The van der Waals surface area contributed by atoms with Crippen LogP contribution in [0.2, 0.25) is 0 Å². The molecule has 33 heavy (non-hydrogen) atoms. The molecule has 172 valence electrons. The minimum atomic E-state index is -0.487. The van der Waals surface area contributed by atoms with Crippen LogP contribution in [0.25, 0.3) is 0 Å². The van der Waals surface area contributed by atoms with E-state index in [0.717, 1.165) is 0 Å². The summed E-state index contributed by atoms with van der Waals surface area (Å²) in [5.41, 5.74) is 1.55. The van der Waals surface area contributed by atoms with Gasteiger partial charge in [0.1, 0.15) is 5.75 Å². The minimum Gasteiger partial charge on any atom is -0.497 e. The van der Waals surface area contributed by atoms with Gasteiger partial charge in [-0.25, -0.2) is 0 Å². The number of non-ortho nitro benzene ring substituents is 1. The van der Waals surface area contributed by atoms with Crippen LogP contribution in [0, 0.1) is 17.0 Å². The van der Waals surface area contributed by atoms with Gasteiger partial charge in [-0.2, -0.15) is 0 Å². The molecule has 0 fully saturated rings. The van der Waals surface area contributed by atoms with E-state index in [2.05, 4.69) is 20.8 Å². The molecule has 0 aliphatic carbocycles. The normalized spacial score (nSPS) is 10.5. The first-order valence-corrected chi connectivity index (χ1v) is 10.7. The van der Waals surface area contributed by atoms with Crippen molar-refractivity contribution >= 4 is 35.0 Å². The zero-order chi connectivity index (χ0) is 24.0. The van der Waals surface area contributed by atoms with E-state index < -0.39 is 4.92 Å². The first-order chi connectivity index (χ1) is 15.8. The standard InChI is InChI=1S/C21H22N6O5S/c1-13-10-15(27(30)31)6-9-17(13)23-19(28)12-33-21-25-24-18(26(21)2)11-22-20(29)14-4-7-16(32-3)8-5-14/h4-10H,11-12H2,1-3H3,(H,22,29)(H,23,28). The van der Waals surface area contributed by atoms with Crippen molar-refractivity contribution in [2.24, 2.45) is 7.05 Å². The number of ether oxygens (including phenoxy) is 1. The van der Waals surface area contributed by atoms with Gasteiger partial charge in [0.15, 0.2) is 11.0 Å². The lowest BCUT2D eigenvalue weighted by atomic mass is 10.2. The molecule has 0 spiro atoms. The Kier molecular flexibility index (Phi) is 7.61. The van der Waals surface area contributed by atoms with E-state index in [0.29, 0.717) is 33.5 Å². The number of nitrogens with zero attached hydrogens (tertiary/aromatic N) is 4. The lowest BCUT2D eigenvalue weighted by Crippen LogP contribution is -2.24. The monoisotopic (exact) mass is 470 g/mol. The number of carbonyl (C=O) groups is 2. The Labute approximate surface area is 193 Å². The predicted molar refractivity (Wildman–Crippen MR) is 122 cm³/mol. The predicted octanol–water partition coefficient (Wildman–Crippen LogP) is 2.70. The fourth-order valence-electron chi connectivity index (χ4n) is 2.85. The first kappa shape index (κ1) is 23.7. The van der Waals surface area contributed by atoms with E-state index in [1.807, 2.05) is 0 Å². The van der Waals surface area contributed by atoms with Crippen LogP contribution in [0.1, 0.15) is 21.7 Å². The van der Waals surface area contributed by atoms with Crippen molar-refractivity contribution in [2.75, 3.05) is 18.2 Å². The summed E-state index contributed by atoms with van der Waals surface area (Å²) in [4.78, 5) is 35.0. The van der Waals surface area contributed by atoms with Crippen molar-refractivity contribution in [2.45, 2.75) is 18.6 Å². The maximum Gasteiger partial charge on any atom is 0.269 e. The highest BCUT2D eigenvalue weighted by Crippen LogP contribution is 2.22. The van der Waals surface area contributed by atoms with E-state index in [1.165, 1.54) is 30.0 Å². The van der Waals surface area contributed by atoms with Crippen LogP contribution in [0.3, 0.4) is 0 Å². The molecule has 0 atom stereocenters. The molecule has 0 aliphatic rings. The van der Waals surface area contributed by atoms with Crippen LogP contribution in [0.4, 0.5) is 11.4 Å². The summed E-state index contributed by atoms with van der Waals surface area (Å²) in [5.74, 6) is 0.725.